The standard InChI is InChI=1S/C8H11NO3.C6H4O2/c9-2-1-5-3-7(11)8(12)4-6(5)10;7-5-3-1-2-4-6(5)8/h3-4,10-12H,1-2,9H2;1-4H. The molecule has 0 saturated heterocycles. The number of ketones is 2. The summed E-state index contributed by atoms with van der Waals surface area (Å²) < 4.78 is 0. The third-order valence-corrected chi connectivity index (χ3v) is 2.44. The Kier molecular flexibility index (Phi) is 5.49. The van der Waals surface area contributed by atoms with Gasteiger partial charge in [-0.1, -0.05) is 12.2 Å². The van der Waals surface area contributed by atoms with Gasteiger partial charge in [-0.3, -0.25) is 9.59 Å². The van der Waals surface area contributed by atoms with Crippen LogP contribution in [0.2, 0.25) is 0 Å². The summed E-state index contributed by atoms with van der Waals surface area (Å²) in [5.41, 5.74) is 5.80. The average Bonchev–Trinajstić information content (AvgIpc) is 2.40. The lowest BCUT2D eigenvalue weighted by atomic mass is 10.1. The van der Waals surface area contributed by atoms with Crippen LogP contribution in [0.3, 0.4) is 0 Å². The fraction of sp³-hybridized carbons (Fsp3) is 0.143. The first kappa shape index (κ1) is 15.5. The van der Waals surface area contributed by atoms with E-state index in [1.165, 1.54) is 18.2 Å². The molecule has 0 radical (unpaired) electrons. The summed E-state index contributed by atoms with van der Waals surface area (Å²) in [4.78, 5) is 20.6. The van der Waals surface area contributed by atoms with E-state index in [4.69, 9.17) is 15.9 Å². The number of hydrogen-bond donors (Lipinski definition) is 4. The maximum absolute atomic E-state index is 10.3. The lowest BCUT2D eigenvalue weighted by Crippen LogP contribution is -2.08. The summed E-state index contributed by atoms with van der Waals surface area (Å²) in [5, 5.41) is 27.2. The van der Waals surface area contributed by atoms with Gasteiger partial charge in [-0.25, -0.2) is 0 Å². The summed E-state index contributed by atoms with van der Waals surface area (Å²) in [6.45, 7) is 0.387. The molecule has 0 atom stereocenters. The van der Waals surface area contributed by atoms with Crippen molar-refractivity contribution in [3.63, 3.8) is 0 Å². The second-order valence-electron chi connectivity index (χ2n) is 3.96. The zero-order valence-corrected chi connectivity index (χ0v) is 10.6. The van der Waals surface area contributed by atoms with Gasteiger partial charge in [-0.2, -0.15) is 0 Å². The third-order valence-electron chi connectivity index (χ3n) is 2.44. The molecule has 2 rings (SSSR count). The van der Waals surface area contributed by atoms with Crippen LogP contribution in [0.25, 0.3) is 0 Å². The lowest BCUT2D eigenvalue weighted by molar-refractivity contribution is -0.131. The van der Waals surface area contributed by atoms with Gasteiger partial charge in [0, 0.05) is 6.07 Å². The first-order chi connectivity index (χ1) is 9.45. The Morgan fingerprint density at radius 3 is 1.80 bits per heavy atom. The first-order valence-corrected chi connectivity index (χ1v) is 5.82. The average molecular weight is 277 g/mol. The predicted molar refractivity (Wildman–Crippen MR) is 72.5 cm³/mol. The number of phenols is 3. The molecule has 0 aromatic heterocycles. The number of hydrogen-bond acceptors (Lipinski definition) is 6. The number of carbonyl (C=O) groups excluding carboxylic acids is 2. The summed E-state index contributed by atoms with van der Waals surface area (Å²) in [5.74, 6) is -1.49. The van der Waals surface area contributed by atoms with E-state index >= 15 is 0 Å². The van der Waals surface area contributed by atoms with Gasteiger partial charge in [0.25, 0.3) is 0 Å². The quantitative estimate of drug-likeness (QED) is 0.271. The molecule has 5 N–H and O–H groups in total. The number of nitrogens with two attached hydrogens (primary N) is 1. The molecule has 0 fully saturated rings. The van der Waals surface area contributed by atoms with Gasteiger partial charge < -0.3 is 21.1 Å². The number of allylic oxidation sites excluding steroid dienone is 4. The minimum Gasteiger partial charge on any atom is -0.508 e. The Hall–Kier alpha value is -2.60. The molecule has 0 heterocycles. The molecule has 0 unspecified atom stereocenters. The fourth-order valence-corrected chi connectivity index (χ4v) is 1.41. The maximum Gasteiger partial charge on any atom is 0.225 e. The summed E-state index contributed by atoms with van der Waals surface area (Å²) in [6, 6.07) is 2.40. The molecule has 0 saturated carbocycles. The molecule has 0 bridgehead atoms. The van der Waals surface area contributed by atoms with E-state index in [0.717, 1.165) is 6.07 Å². The highest BCUT2D eigenvalue weighted by atomic mass is 16.3. The van der Waals surface area contributed by atoms with Crippen LogP contribution in [0.4, 0.5) is 0 Å². The Balaban J connectivity index is 0.000000217. The van der Waals surface area contributed by atoms with Crippen molar-refractivity contribution in [2.24, 2.45) is 5.73 Å². The van der Waals surface area contributed by atoms with Crippen molar-refractivity contribution in [2.45, 2.75) is 6.42 Å². The Labute approximate surface area is 115 Å². The van der Waals surface area contributed by atoms with Gasteiger partial charge >= 0.3 is 0 Å². The van der Waals surface area contributed by atoms with Gasteiger partial charge in [0.15, 0.2) is 11.5 Å². The van der Waals surface area contributed by atoms with Gasteiger partial charge in [0.1, 0.15) is 5.75 Å². The van der Waals surface area contributed by atoms with Crippen molar-refractivity contribution in [2.75, 3.05) is 6.54 Å². The fourth-order valence-electron chi connectivity index (χ4n) is 1.41. The number of aromatic hydroxyl groups is 3. The van der Waals surface area contributed by atoms with Crippen LogP contribution in [-0.4, -0.2) is 33.4 Å². The number of carbonyl (C=O) groups is 2. The monoisotopic (exact) mass is 277 g/mol. The van der Waals surface area contributed by atoms with Crippen LogP contribution < -0.4 is 5.73 Å². The lowest BCUT2D eigenvalue weighted by Gasteiger charge is -2.04. The Morgan fingerprint density at radius 1 is 0.850 bits per heavy atom. The molecule has 6 nitrogen and oxygen atoms in total. The molecule has 0 amide bonds. The first-order valence-electron chi connectivity index (χ1n) is 5.82. The highest BCUT2D eigenvalue weighted by Crippen LogP contribution is 2.31. The summed E-state index contributed by atoms with van der Waals surface area (Å²) in [6.07, 6.45) is 6.07. The second-order valence-corrected chi connectivity index (χ2v) is 3.96. The zero-order valence-electron chi connectivity index (χ0n) is 10.6. The highest BCUT2D eigenvalue weighted by Gasteiger charge is 2.07. The van der Waals surface area contributed by atoms with E-state index in [2.05, 4.69) is 0 Å². The third kappa shape index (κ3) is 4.25. The molecule has 1 aromatic carbocycles. The van der Waals surface area contributed by atoms with E-state index in [9.17, 15) is 14.7 Å². The number of benzene rings is 1. The maximum atomic E-state index is 10.3. The van der Waals surface area contributed by atoms with Crippen LogP contribution in [-0.2, 0) is 16.0 Å². The van der Waals surface area contributed by atoms with E-state index in [1.807, 2.05) is 0 Å². The molecule has 6 heteroatoms. The number of phenolic OH excluding ortho intramolecular Hbond substituents is 3. The van der Waals surface area contributed by atoms with Gasteiger partial charge in [-0.05, 0) is 36.7 Å². The van der Waals surface area contributed by atoms with E-state index in [0.29, 0.717) is 18.5 Å². The van der Waals surface area contributed by atoms with E-state index in [1.54, 1.807) is 12.2 Å². The SMILES string of the molecule is NCCc1cc(O)c(O)cc1O.O=C1C=CC=CC1=O. The van der Waals surface area contributed by atoms with Crippen molar-refractivity contribution >= 4 is 11.6 Å². The van der Waals surface area contributed by atoms with Crippen molar-refractivity contribution in [3.8, 4) is 17.2 Å². The molecule has 0 aliphatic heterocycles. The van der Waals surface area contributed by atoms with Crippen molar-refractivity contribution in [1.82, 2.24) is 0 Å². The van der Waals surface area contributed by atoms with Crippen LogP contribution >= 0.6 is 0 Å². The van der Waals surface area contributed by atoms with Crippen LogP contribution in [0.5, 0.6) is 17.2 Å². The largest absolute Gasteiger partial charge is 0.508 e. The molecule has 0 spiro atoms. The van der Waals surface area contributed by atoms with Crippen LogP contribution in [0.15, 0.2) is 36.4 Å². The molecule has 106 valence electrons. The van der Waals surface area contributed by atoms with Crippen LogP contribution in [0, 0.1) is 0 Å². The van der Waals surface area contributed by atoms with Gasteiger partial charge in [0.2, 0.25) is 11.6 Å². The molecule has 20 heavy (non-hydrogen) atoms. The van der Waals surface area contributed by atoms with Crippen molar-refractivity contribution in [3.05, 3.63) is 42.0 Å². The van der Waals surface area contributed by atoms with E-state index < -0.39 is 11.6 Å². The molecular weight excluding hydrogens is 262 g/mol. The topological polar surface area (TPSA) is 121 Å². The second kappa shape index (κ2) is 7.10. The van der Waals surface area contributed by atoms with E-state index in [-0.39, 0.29) is 17.2 Å². The highest BCUT2D eigenvalue weighted by molar-refractivity contribution is 6.46. The molecule has 1 aromatic rings. The van der Waals surface area contributed by atoms with Crippen LogP contribution in [0.1, 0.15) is 5.56 Å². The molecular formula is C14H15NO5. The van der Waals surface area contributed by atoms with Gasteiger partial charge in [-0.15, -0.1) is 0 Å². The van der Waals surface area contributed by atoms with Gasteiger partial charge in [0.05, 0.1) is 0 Å². The normalized spacial score (nSPS) is 13.1. The summed E-state index contributed by atoms with van der Waals surface area (Å²) >= 11 is 0. The zero-order chi connectivity index (χ0) is 15.1. The molecule has 1 aliphatic carbocycles. The predicted octanol–water partition coefficient (Wildman–Crippen LogP) is 0.555. The summed E-state index contributed by atoms with van der Waals surface area (Å²) in [7, 11) is 0. The Bertz CT molecular complexity index is 553. The minimum absolute atomic E-state index is 0.0456. The smallest absolute Gasteiger partial charge is 0.225 e. The molecule has 1 aliphatic rings. The van der Waals surface area contributed by atoms with Crippen molar-refractivity contribution < 1.29 is 24.9 Å². The number of rotatable bonds is 2. The van der Waals surface area contributed by atoms with Crippen molar-refractivity contribution in [1.29, 1.82) is 0 Å². The minimum atomic E-state index is -0.437. The Morgan fingerprint density at radius 2 is 1.35 bits per heavy atom.